The first-order chi connectivity index (χ1) is 14.9. The van der Waals surface area contributed by atoms with Crippen LogP contribution in [-0.4, -0.2) is 43.1 Å². The van der Waals surface area contributed by atoms with Gasteiger partial charge in [0.2, 0.25) is 5.78 Å². The van der Waals surface area contributed by atoms with Crippen LogP contribution < -0.4 is 14.2 Å². The van der Waals surface area contributed by atoms with Crippen LogP contribution in [0, 0.1) is 11.8 Å². The van der Waals surface area contributed by atoms with Crippen LogP contribution in [0.1, 0.15) is 41.8 Å². The van der Waals surface area contributed by atoms with E-state index in [1.165, 1.54) is 6.42 Å². The number of fused-ring (bicyclic) bond motifs is 1. The number of carbonyl (C=O) groups excluding carboxylic acids is 1. The lowest BCUT2D eigenvalue weighted by Crippen LogP contribution is -2.38. The number of likely N-dealkylation sites (tertiary alicyclic amines) is 1. The first-order valence-electron chi connectivity index (χ1n) is 10.6. The Morgan fingerprint density at radius 1 is 1.13 bits per heavy atom. The second kappa shape index (κ2) is 8.63. The molecule has 1 saturated heterocycles. The second-order valence-electron chi connectivity index (χ2n) is 8.60. The number of ether oxygens (including phenoxy) is 3. The fraction of sp³-hybridized carbons (Fsp3) is 0.400. The van der Waals surface area contributed by atoms with Crippen molar-refractivity contribution in [2.45, 2.75) is 26.8 Å². The Bertz CT molecular complexity index is 1020. The van der Waals surface area contributed by atoms with Gasteiger partial charge in [-0.25, -0.2) is 0 Å². The summed E-state index contributed by atoms with van der Waals surface area (Å²) in [5.41, 5.74) is 1.81. The van der Waals surface area contributed by atoms with E-state index in [-0.39, 0.29) is 17.3 Å². The summed E-state index contributed by atoms with van der Waals surface area (Å²) in [6, 6.07) is 8.67. The Morgan fingerprint density at radius 3 is 2.55 bits per heavy atom. The predicted octanol–water partition coefficient (Wildman–Crippen LogP) is 4.50. The maximum absolute atomic E-state index is 13.1. The lowest BCUT2D eigenvalue weighted by Gasteiger charge is -2.35. The van der Waals surface area contributed by atoms with Crippen LogP contribution in [0.2, 0.25) is 0 Å². The largest absolute Gasteiger partial charge is 0.507 e. The fourth-order valence-corrected chi connectivity index (χ4v) is 4.76. The van der Waals surface area contributed by atoms with Gasteiger partial charge in [0.15, 0.2) is 17.3 Å². The van der Waals surface area contributed by atoms with Crippen LogP contribution in [0.5, 0.6) is 23.0 Å². The Labute approximate surface area is 183 Å². The average molecular weight is 424 g/mol. The molecule has 0 aromatic heterocycles. The van der Waals surface area contributed by atoms with E-state index >= 15 is 0 Å². The van der Waals surface area contributed by atoms with Gasteiger partial charge in [-0.05, 0) is 42.5 Å². The van der Waals surface area contributed by atoms with Gasteiger partial charge < -0.3 is 19.3 Å². The van der Waals surface area contributed by atoms with Crippen LogP contribution in [0.4, 0.5) is 0 Å². The Balaban J connectivity index is 1.67. The number of ketones is 1. The normalized spacial score (nSPS) is 22.3. The summed E-state index contributed by atoms with van der Waals surface area (Å²) in [5, 5.41) is 10.6. The van der Waals surface area contributed by atoms with Crippen molar-refractivity contribution >= 4 is 11.9 Å². The van der Waals surface area contributed by atoms with Crippen LogP contribution in [0.3, 0.4) is 0 Å². The minimum Gasteiger partial charge on any atom is -0.507 e. The third-order valence-corrected chi connectivity index (χ3v) is 5.96. The van der Waals surface area contributed by atoms with Crippen molar-refractivity contribution in [3.05, 3.63) is 52.8 Å². The maximum Gasteiger partial charge on any atom is 0.231 e. The smallest absolute Gasteiger partial charge is 0.231 e. The number of piperidine rings is 1. The number of methoxy groups -OCH3 is 2. The predicted molar refractivity (Wildman–Crippen MR) is 119 cm³/mol. The van der Waals surface area contributed by atoms with Crippen LogP contribution >= 0.6 is 0 Å². The molecule has 2 aromatic rings. The topological polar surface area (TPSA) is 68.2 Å². The number of nitrogens with zero attached hydrogens (tertiary/aromatic N) is 1. The third kappa shape index (κ3) is 4.12. The molecule has 0 saturated carbocycles. The van der Waals surface area contributed by atoms with Crippen molar-refractivity contribution in [2.75, 3.05) is 27.3 Å². The number of phenolic OH excluding ortho intramolecular Hbond substituents is 1. The highest BCUT2D eigenvalue weighted by molar-refractivity contribution is 6.15. The molecule has 31 heavy (non-hydrogen) atoms. The Kier molecular flexibility index (Phi) is 5.92. The molecule has 2 heterocycles. The second-order valence-corrected chi connectivity index (χ2v) is 8.60. The zero-order valence-corrected chi connectivity index (χ0v) is 18.5. The molecule has 0 bridgehead atoms. The summed E-state index contributed by atoms with van der Waals surface area (Å²) in [6.07, 6.45) is 2.87. The van der Waals surface area contributed by atoms with Crippen molar-refractivity contribution in [3.8, 4) is 23.0 Å². The van der Waals surface area contributed by atoms with Gasteiger partial charge in [-0.2, -0.15) is 0 Å². The van der Waals surface area contributed by atoms with Gasteiger partial charge >= 0.3 is 0 Å². The van der Waals surface area contributed by atoms with Gasteiger partial charge in [-0.3, -0.25) is 9.69 Å². The van der Waals surface area contributed by atoms with E-state index in [0.29, 0.717) is 52.3 Å². The highest BCUT2D eigenvalue weighted by atomic mass is 16.5. The minimum absolute atomic E-state index is 0.151. The number of rotatable bonds is 5. The molecule has 2 aliphatic heterocycles. The van der Waals surface area contributed by atoms with Gasteiger partial charge in [0.1, 0.15) is 11.5 Å². The number of para-hydroxylation sites is 1. The third-order valence-electron chi connectivity index (χ3n) is 5.96. The van der Waals surface area contributed by atoms with Crippen molar-refractivity contribution in [1.82, 2.24) is 4.90 Å². The summed E-state index contributed by atoms with van der Waals surface area (Å²) < 4.78 is 16.9. The zero-order chi connectivity index (χ0) is 22.1. The number of hydrogen-bond acceptors (Lipinski definition) is 6. The molecule has 0 aliphatic carbocycles. The molecule has 6 heteroatoms. The molecule has 1 N–H and O–H groups in total. The summed E-state index contributed by atoms with van der Waals surface area (Å²) in [4.78, 5) is 15.4. The standard InChI is InChI=1S/C25H29NO5/c1-15-10-16(2)13-26(12-15)14-19-20(27)9-8-18-23(28)22(31-25(18)19)11-17-6-5-7-21(29-3)24(17)30-4/h5-9,11,15-16,27H,10,12-14H2,1-4H3/t15-,16-/m0/s1. The van der Waals surface area contributed by atoms with Crippen LogP contribution in [0.25, 0.3) is 6.08 Å². The van der Waals surface area contributed by atoms with E-state index in [0.717, 1.165) is 13.1 Å². The van der Waals surface area contributed by atoms with Crippen molar-refractivity contribution in [3.63, 3.8) is 0 Å². The van der Waals surface area contributed by atoms with Gasteiger partial charge in [-0.15, -0.1) is 0 Å². The molecule has 2 atom stereocenters. The van der Waals surface area contributed by atoms with Gasteiger partial charge in [-0.1, -0.05) is 26.0 Å². The fourth-order valence-electron chi connectivity index (χ4n) is 4.76. The Hall–Kier alpha value is -2.99. The molecule has 2 aliphatic rings. The van der Waals surface area contributed by atoms with Crippen molar-refractivity contribution < 1.29 is 24.1 Å². The van der Waals surface area contributed by atoms with Crippen LogP contribution in [0.15, 0.2) is 36.1 Å². The van der Waals surface area contributed by atoms with E-state index in [9.17, 15) is 9.90 Å². The quantitative estimate of drug-likeness (QED) is 0.714. The van der Waals surface area contributed by atoms with Gasteiger partial charge in [0.05, 0.1) is 25.3 Å². The van der Waals surface area contributed by atoms with Gasteiger partial charge in [0.25, 0.3) is 0 Å². The van der Waals surface area contributed by atoms with Crippen LogP contribution in [-0.2, 0) is 6.54 Å². The molecule has 1 fully saturated rings. The number of hydrogen-bond donors (Lipinski definition) is 1. The van der Waals surface area contributed by atoms with E-state index in [4.69, 9.17) is 14.2 Å². The zero-order valence-electron chi connectivity index (χ0n) is 18.5. The summed E-state index contributed by atoms with van der Waals surface area (Å²) in [6.45, 7) is 6.98. The molecular weight excluding hydrogens is 394 g/mol. The maximum atomic E-state index is 13.1. The summed E-state index contributed by atoms with van der Waals surface area (Å²) in [5.74, 6) is 2.90. The van der Waals surface area contributed by atoms with E-state index in [1.54, 1.807) is 38.5 Å². The van der Waals surface area contributed by atoms with Gasteiger partial charge in [0, 0.05) is 25.2 Å². The van der Waals surface area contributed by atoms with E-state index < -0.39 is 0 Å². The SMILES string of the molecule is COc1cccc(C=C2Oc3c(ccc(O)c3CN3C[C@@H](C)C[C@H](C)C3)C2=O)c1OC. The molecule has 6 nitrogen and oxygen atoms in total. The number of allylic oxidation sites excluding steroid dienone is 1. The first kappa shape index (κ1) is 21.2. The minimum atomic E-state index is -0.207. The highest BCUT2D eigenvalue weighted by Crippen LogP contribution is 2.41. The number of benzene rings is 2. The average Bonchev–Trinajstić information content (AvgIpc) is 3.05. The molecule has 4 rings (SSSR count). The highest BCUT2D eigenvalue weighted by Gasteiger charge is 2.33. The molecule has 0 amide bonds. The molecule has 164 valence electrons. The summed E-state index contributed by atoms with van der Waals surface area (Å²) in [7, 11) is 3.13. The lowest BCUT2D eigenvalue weighted by atomic mass is 9.91. The molecule has 0 spiro atoms. The molecule has 0 unspecified atom stereocenters. The monoisotopic (exact) mass is 423 g/mol. The number of phenols is 1. The molecule has 0 radical (unpaired) electrons. The molecular formula is C25H29NO5. The van der Waals surface area contributed by atoms with Crippen molar-refractivity contribution in [1.29, 1.82) is 0 Å². The van der Waals surface area contributed by atoms with Crippen molar-refractivity contribution in [2.24, 2.45) is 11.8 Å². The number of carbonyl (C=O) groups is 1. The number of Topliss-reactive ketones (excluding diaryl/α,β-unsaturated/α-hetero) is 1. The number of aromatic hydroxyl groups is 1. The van der Waals surface area contributed by atoms with E-state index in [1.807, 2.05) is 12.1 Å². The van der Waals surface area contributed by atoms with E-state index in [2.05, 4.69) is 18.7 Å². The molecule has 2 aromatic carbocycles. The summed E-state index contributed by atoms with van der Waals surface area (Å²) >= 11 is 0. The first-order valence-corrected chi connectivity index (χ1v) is 10.6. The lowest BCUT2D eigenvalue weighted by molar-refractivity contribution is 0.101. The Morgan fingerprint density at radius 2 is 1.87 bits per heavy atom.